The molecule has 0 aliphatic rings. The smallest absolute Gasteiger partial charge is 0.258 e. The minimum absolute atomic E-state index is 0.0179. The van der Waals surface area contributed by atoms with Gasteiger partial charge >= 0.3 is 0 Å². The number of carbonyl (C=O) groups is 1. The van der Waals surface area contributed by atoms with Gasteiger partial charge in [-0.25, -0.2) is 4.39 Å². The van der Waals surface area contributed by atoms with Crippen molar-refractivity contribution in [1.29, 1.82) is 0 Å². The Morgan fingerprint density at radius 2 is 2.14 bits per heavy atom. The van der Waals surface area contributed by atoms with Crippen LogP contribution < -0.4 is 10.6 Å². The molecule has 0 atom stereocenters. The van der Waals surface area contributed by atoms with Crippen LogP contribution in [-0.2, 0) is 6.54 Å². The van der Waals surface area contributed by atoms with Gasteiger partial charge in [-0.15, -0.1) is 0 Å². The van der Waals surface area contributed by atoms with Crippen LogP contribution in [0.4, 0.5) is 10.1 Å². The van der Waals surface area contributed by atoms with Gasteiger partial charge in [-0.3, -0.25) is 9.78 Å². The number of benzene rings is 1. The minimum atomic E-state index is -0.632. The fourth-order valence-electron chi connectivity index (χ4n) is 1.84. The average molecular weight is 287 g/mol. The van der Waals surface area contributed by atoms with E-state index >= 15 is 0 Å². The zero-order valence-corrected chi connectivity index (χ0v) is 12.1. The maximum Gasteiger partial charge on any atom is 0.258 e. The zero-order chi connectivity index (χ0) is 15.2. The number of nitrogens with zero attached hydrogens (tertiary/aromatic N) is 1. The largest absolute Gasteiger partial charge is 0.322 e. The van der Waals surface area contributed by atoms with Crippen molar-refractivity contribution in [2.24, 2.45) is 0 Å². The first kappa shape index (κ1) is 15.1. The summed E-state index contributed by atoms with van der Waals surface area (Å²) >= 11 is 0. The summed E-state index contributed by atoms with van der Waals surface area (Å²) in [4.78, 5) is 15.6. The highest BCUT2D eigenvalue weighted by molar-refractivity contribution is 6.04. The summed E-state index contributed by atoms with van der Waals surface area (Å²) in [6, 6.07) is 9.21. The maximum absolute atomic E-state index is 13.5. The van der Waals surface area contributed by atoms with Crippen molar-refractivity contribution in [3.05, 3.63) is 59.7 Å². The van der Waals surface area contributed by atoms with E-state index in [2.05, 4.69) is 29.5 Å². The van der Waals surface area contributed by atoms with Crippen molar-refractivity contribution < 1.29 is 9.18 Å². The third-order valence-electron chi connectivity index (χ3n) is 2.92. The third kappa shape index (κ3) is 4.36. The summed E-state index contributed by atoms with van der Waals surface area (Å²) in [5.41, 5.74) is 1.67. The van der Waals surface area contributed by atoms with E-state index in [9.17, 15) is 9.18 Å². The van der Waals surface area contributed by atoms with Crippen LogP contribution in [0, 0.1) is 5.82 Å². The summed E-state index contributed by atoms with van der Waals surface area (Å²) in [6.07, 6.45) is 2.42. The van der Waals surface area contributed by atoms with Crippen molar-refractivity contribution in [3.63, 3.8) is 0 Å². The van der Waals surface area contributed by atoms with E-state index in [1.165, 1.54) is 12.3 Å². The van der Waals surface area contributed by atoms with Gasteiger partial charge in [0.05, 0.1) is 11.8 Å². The van der Waals surface area contributed by atoms with Crippen LogP contribution in [0.25, 0.3) is 0 Å². The van der Waals surface area contributed by atoms with Gasteiger partial charge in [0, 0.05) is 24.5 Å². The summed E-state index contributed by atoms with van der Waals surface area (Å²) in [6.45, 7) is 4.85. The molecule has 21 heavy (non-hydrogen) atoms. The first-order valence-electron chi connectivity index (χ1n) is 6.79. The number of halogens is 1. The van der Waals surface area contributed by atoms with Crippen molar-refractivity contribution in [3.8, 4) is 0 Å². The molecule has 2 N–H and O–H groups in total. The zero-order valence-electron chi connectivity index (χ0n) is 12.1. The average Bonchev–Trinajstić information content (AvgIpc) is 2.46. The monoisotopic (exact) mass is 287 g/mol. The number of hydrogen-bond acceptors (Lipinski definition) is 3. The van der Waals surface area contributed by atoms with Crippen molar-refractivity contribution in [1.82, 2.24) is 10.3 Å². The Hall–Kier alpha value is -2.27. The highest BCUT2D eigenvalue weighted by atomic mass is 19.1. The van der Waals surface area contributed by atoms with Crippen LogP contribution >= 0.6 is 0 Å². The Kier molecular flexibility index (Phi) is 5.00. The van der Waals surface area contributed by atoms with Gasteiger partial charge < -0.3 is 10.6 Å². The van der Waals surface area contributed by atoms with Gasteiger partial charge in [0.2, 0.25) is 0 Å². The molecular weight excluding hydrogens is 269 g/mol. The summed E-state index contributed by atoms with van der Waals surface area (Å²) in [5, 5.41) is 5.99. The lowest BCUT2D eigenvalue weighted by atomic mass is 10.1. The summed E-state index contributed by atoms with van der Waals surface area (Å²) in [7, 11) is 0. The van der Waals surface area contributed by atoms with E-state index in [1.807, 2.05) is 18.2 Å². The molecule has 0 fully saturated rings. The molecule has 0 saturated carbocycles. The van der Waals surface area contributed by atoms with Crippen LogP contribution in [0.1, 0.15) is 29.8 Å². The molecule has 0 aliphatic carbocycles. The van der Waals surface area contributed by atoms with Gasteiger partial charge in [0.25, 0.3) is 5.91 Å². The molecule has 1 heterocycles. The van der Waals surface area contributed by atoms with Gasteiger partial charge in [-0.05, 0) is 23.8 Å². The van der Waals surface area contributed by atoms with Crippen molar-refractivity contribution >= 4 is 11.6 Å². The molecule has 0 bridgehead atoms. The molecule has 110 valence electrons. The SMILES string of the molecule is CC(C)NCc1cccc(NC(=O)c2ccncc2F)c1. The molecular formula is C16H18FN3O. The van der Waals surface area contributed by atoms with Gasteiger partial charge in [-0.1, -0.05) is 26.0 Å². The predicted molar refractivity (Wildman–Crippen MR) is 80.6 cm³/mol. The van der Waals surface area contributed by atoms with E-state index < -0.39 is 11.7 Å². The molecule has 0 spiro atoms. The van der Waals surface area contributed by atoms with E-state index in [0.29, 0.717) is 18.3 Å². The second kappa shape index (κ2) is 6.95. The number of hydrogen-bond donors (Lipinski definition) is 2. The number of nitrogens with one attached hydrogen (secondary N) is 2. The summed E-state index contributed by atoms with van der Waals surface area (Å²) < 4.78 is 13.5. The molecule has 5 heteroatoms. The minimum Gasteiger partial charge on any atom is -0.322 e. The third-order valence-corrected chi connectivity index (χ3v) is 2.92. The molecule has 4 nitrogen and oxygen atoms in total. The second-order valence-electron chi connectivity index (χ2n) is 5.05. The van der Waals surface area contributed by atoms with Gasteiger partial charge in [0.15, 0.2) is 5.82 Å². The standard InChI is InChI=1S/C16H18FN3O/c1-11(2)19-9-12-4-3-5-13(8-12)20-16(21)14-6-7-18-10-15(14)17/h3-8,10-11,19H,9H2,1-2H3,(H,20,21). The molecule has 1 aromatic carbocycles. The highest BCUT2D eigenvalue weighted by Gasteiger charge is 2.11. The molecule has 0 saturated heterocycles. The molecule has 2 aromatic rings. The molecule has 1 aromatic heterocycles. The Morgan fingerprint density at radius 3 is 2.86 bits per heavy atom. The van der Waals surface area contributed by atoms with Gasteiger partial charge in [0.1, 0.15) is 0 Å². The molecule has 0 radical (unpaired) electrons. The lowest BCUT2D eigenvalue weighted by molar-refractivity contribution is 0.102. The molecule has 0 aliphatic heterocycles. The number of anilines is 1. The lowest BCUT2D eigenvalue weighted by Gasteiger charge is -2.10. The first-order valence-corrected chi connectivity index (χ1v) is 6.79. The Labute approximate surface area is 123 Å². The van der Waals surface area contributed by atoms with Crippen LogP contribution in [0.3, 0.4) is 0 Å². The number of pyridine rings is 1. The fraction of sp³-hybridized carbons (Fsp3) is 0.250. The quantitative estimate of drug-likeness (QED) is 0.889. The van der Waals surface area contributed by atoms with E-state index in [1.54, 1.807) is 6.07 Å². The van der Waals surface area contributed by atoms with Crippen LogP contribution in [-0.4, -0.2) is 16.9 Å². The predicted octanol–water partition coefficient (Wildman–Crippen LogP) is 2.97. The normalized spacial score (nSPS) is 10.7. The Morgan fingerprint density at radius 1 is 1.33 bits per heavy atom. The number of amides is 1. The van der Waals surface area contributed by atoms with Crippen molar-refractivity contribution in [2.45, 2.75) is 26.4 Å². The van der Waals surface area contributed by atoms with Crippen LogP contribution in [0.5, 0.6) is 0 Å². The fourth-order valence-corrected chi connectivity index (χ4v) is 1.84. The second-order valence-corrected chi connectivity index (χ2v) is 5.05. The topological polar surface area (TPSA) is 54.0 Å². The Bertz CT molecular complexity index is 628. The van der Waals surface area contributed by atoms with E-state index in [4.69, 9.17) is 0 Å². The van der Waals surface area contributed by atoms with E-state index in [0.717, 1.165) is 11.8 Å². The van der Waals surface area contributed by atoms with Crippen molar-refractivity contribution in [2.75, 3.05) is 5.32 Å². The first-order chi connectivity index (χ1) is 10.1. The molecule has 2 rings (SSSR count). The van der Waals surface area contributed by atoms with Crippen LogP contribution in [0.2, 0.25) is 0 Å². The Balaban J connectivity index is 2.07. The lowest BCUT2D eigenvalue weighted by Crippen LogP contribution is -2.22. The van der Waals surface area contributed by atoms with Gasteiger partial charge in [-0.2, -0.15) is 0 Å². The maximum atomic E-state index is 13.5. The van der Waals surface area contributed by atoms with E-state index in [-0.39, 0.29) is 5.56 Å². The number of aromatic nitrogens is 1. The van der Waals surface area contributed by atoms with Crippen LogP contribution in [0.15, 0.2) is 42.7 Å². The highest BCUT2D eigenvalue weighted by Crippen LogP contribution is 2.13. The molecule has 1 amide bonds. The summed E-state index contributed by atoms with van der Waals surface area (Å²) in [5.74, 6) is -1.11. The number of rotatable bonds is 5. The molecule has 0 unspecified atom stereocenters. The number of carbonyl (C=O) groups excluding carboxylic acids is 1.